The zero-order valence-electron chi connectivity index (χ0n) is 14.4. The Kier molecular flexibility index (Phi) is 4.26. The average molecular weight is 334 g/mol. The predicted octanol–water partition coefficient (Wildman–Crippen LogP) is 1.32. The summed E-state index contributed by atoms with van der Waals surface area (Å²) in [4.78, 5) is 26.3. The molecule has 0 spiro atoms. The van der Waals surface area contributed by atoms with Gasteiger partial charge in [-0.3, -0.25) is 9.59 Å². The number of carbonyl (C=O) groups excluding carboxylic acids is 2. The molecule has 0 aliphatic carbocycles. The third kappa shape index (κ3) is 2.53. The molecule has 1 aromatic carbocycles. The molecular formula is C17H22N2O5. The maximum atomic E-state index is 12.7. The maximum absolute atomic E-state index is 12.7. The highest BCUT2D eigenvalue weighted by molar-refractivity contribution is 6.01. The van der Waals surface area contributed by atoms with E-state index in [0.29, 0.717) is 42.3 Å². The van der Waals surface area contributed by atoms with Crippen LogP contribution < -0.4 is 19.5 Å². The van der Waals surface area contributed by atoms with Crippen molar-refractivity contribution < 1.29 is 23.8 Å². The summed E-state index contributed by atoms with van der Waals surface area (Å²) in [5.41, 5.74) is 2.17. The Labute approximate surface area is 140 Å². The van der Waals surface area contributed by atoms with Gasteiger partial charge in [-0.1, -0.05) is 13.8 Å². The van der Waals surface area contributed by atoms with Crippen molar-refractivity contribution in [1.29, 1.82) is 0 Å². The lowest BCUT2D eigenvalue weighted by molar-refractivity contribution is -0.124. The van der Waals surface area contributed by atoms with Crippen LogP contribution in [0.15, 0.2) is 0 Å². The first-order valence-electron chi connectivity index (χ1n) is 8.00. The van der Waals surface area contributed by atoms with Gasteiger partial charge >= 0.3 is 0 Å². The number of methoxy groups -OCH3 is 1. The maximum Gasteiger partial charge on any atom is 0.257 e. The standard InChI is InChI=1S/C17H22N2O5/c1-9(2)16(20)18-7-11-10-5-6-19(3)17(21)12(10)14(22-4)15-13(11)23-8-24-15/h9H,5-8H2,1-4H3,(H,18,20). The number of nitrogens with one attached hydrogen (secondary N) is 1. The van der Waals surface area contributed by atoms with E-state index in [2.05, 4.69) is 5.32 Å². The number of hydrogen-bond donors (Lipinski definition) is 1. The quantitative estimate of drug-likeness (QED) is 0.899. The van der Waals surface area contributed by atoms with Gasteiger partial charge in [0.25, 0.3) is 5.91 Å². The molecule has 0 saturated heterocycles. The molecule has 3 rings (SSSR count). The molecule has 0 fully saturated rings. The number of hydrogen-bond acceptors (Lipinski definition) is 5. The number of fused-ring (bicyclic) bond motifs is 2. The lowest BCUT2D eigenvalue weighted by atomic mass is 9.91. The molecule has 0 bridgehead atoms. The summed E-state index contributed by atoms with van der Waals surface area (Å²) in [6, 6.07) is 0. The number of amides is 2. The first-order chi connectivity index (χ1) is 11.5. The highest BCUT2D eigenvalue weighted by atomic mass is 16.7. The molecule has 1 aromatic rings. The molecule has 0 radical (unpaired) electrons. The highest BCUT2D eigenvalue weighted by Crippen LogP contribution is 2.49. The topological polar surface area (TPSA) is 77.1 Å². The van der Waals surface area contributed by atoms with E-state index in [-0.39, 0.29) is 24.5 Å². The van der Waals surface area contributed by atoms with Gasteiger partial charge < -0.3 is 24.4 Å². The van der Waals surface area contributed by atoms with E-state index < -0.39 is 0 Å². The predicted molar refractivity (Wildman–Crippen MR) is 86.5 cm³/mol. The zero-order chi connectivity index (χ0) is 17.4. The lowest BCUT2D eigenvalue weighted by Crippen LogP contribution is -2.36. The Hall–Kier alpha value is -2.44. The van der Waals surface area contributed by atoms with Crippen LogP contribution in [0.25, 0.3) is 0 Å². The van der Waals surface area contributed by atoms with Gasteiger partial charge in [-0.25, -0.2) is 0 Å². The van der Waals surface area contributed by atoms with Crippen LogP contribution in [0.4, 0.5) is 0 Å². The van der Waals surface area contributed by atoms with Crippen molar-refractivity contribution in [2.45, 2.75) is 26.8 Å². The Morgan fingerprint density at radius 3 is 2.71 bits per heavy atom. The van der Waals surface area contributed by atoms with E-state index in [0.717, 1.165) is 11.1 Å². The summed E-state index contributed by atoms with van der Waals surface area (Å²) in [5, 5.41) is 2.90. The Bertz CT molecular complexity index is 699. The molecule has 0 atom stereocenters. The zero-order valence-corrected chi connectivity index (χ0v) is 14.4. The summed E-state index contributed by atoms with van der Waals surface area (Å²) in [6.45, 7) is 4.65. The summed E-state index contributed by atoms with van der Waals surface area (Å²) in [6.07, 6.45) is 0.678. The van der Waals surface area contributed by atoms with E-state index >= 15 is 0 Å². The van der Waals surface area contributed by atoms with Crippen LogP contribution in [0.2, 0.25) is 0 Å². The van der Waals surface area contributed by atoms with Crippen LogP contribution in [-0.4, -0.2) is 44.2 Å². The van der Waals surface area contributed by atoms with E-state index in [4.69, 9.17) is 14.2 Å². The van der Waals surface area contributed by atoms with Gasteiger partial charge in [-0.15, -0.1) is 0 Å². The van der Waals surface area contributed by atoms with Gasteiger partial charge in [0.15, 0.2) is 11.5 Å². The molecule has 2 aliphatic rings. The Morgan fingerprint density at radius 1 is 1.33 bits per heavy atom. The number of carbonyl (C=O) groups is 2. The fourth-order valence-corrected chi connectivity index (χ4v) is 3.05. The second-order valence-electron chi connectivity index (χ2n) is 6.28. The molecule has 0 aromatic heterocycles. The van der Waals surface area contributed by atoms with Crippen molar-refractivity contribution in [3.63, 3.8) is 0 Å². The van der Waals surface area contributed by atoms with Crippen LogP contribution in [0, 0.1) is 5.92 Å². The SMILES string of the molecule is COc1c2c(c(CNC(=O)C(C)C)c3c1C(=O)N(C)CC3)OCO2. The molecule has 2 aliphatic heterocycles. The molecule has 130 valence electrons. The van der Waals surface area contributed by atoms with Crippen molar-refractivity contribution in [2.75, 3.05) is 27.5 Å². The fourth-order valence-electron chi connectivity index (χ4n) is 3.05. The number of benzene rings is 1. The van der Waals surface area contributed by atoms with Crippen molar-refractivity contribution >= 4 is 11.8 Å². The van der Waals surface area contributed by atoms with Crippen molar-refractivity contribution in [3.05, 3.63) is 16.7 Å². The van der Waals surface area contributed by atoms with Crippen molar-refractivity contribution in [2.24, 2.45) is 5.92 Å². The normalized spacial score (nSPS) is 15.5. The summed E-state index contributed by atoms with van der Waals surface area (Å²) in [5.74, 6) is 1.14. The first kappa shape index (κ1) is 16.4. The second-order valence-corrected chi connectivity index (χ2v) is 6.28. The third-order valence-corrected chi connectivity index (χ3v) is 4.41. The number of likely N-dealkylation sites (N-methyl/N-ethyl adjacent to an activating group) is 1. The molecule has 0 unspecified atom stereocenters. The average Bonchev–Trinajstić information content (AvgIpc) is 3.04. The minimum absolute atomic E-state index is 0.0495. The van der Waals surface area contributed by atoms with Gasteiger partial charge in [-0.05, 0) is 12.0 Å². The number of rotatable bonds is 4. The highest BCUT2D eigenvalue weighted by Gasteiger charge is 2.36. The largest absolute Gasteiger partial charge is 0.492 e. The molecule has 2 amide bonds. The number of nitrogens with zero attached hydrogens (tertiary/aromatic N) is 1. The summed E-state index contributed by atoms with van der Waals surface area (Å²) < 4.78 is 16.6. The van der Waals surface area contributed by atoms with Gasteiger partial charge in [-0.2, -0.15) is 0 Å². The summed E-state index contributed by atoms with van der Waals surface area (Å²) >= 11 is 0. The van der Waals surface area contributed by atoms with Crippen LogP contribution >= 0.6 is 0 Å². The molecule has 2 heterocycles. The van der Waals surface area contributed by atoms with E-state index in [1.807, 2.05) is 13.8 Å². The molecule has 1 N–H and O–H groups in total. The summed E-state index contributed by atoms with van der Waals surface area (Å²) in [7, 11) is 3.27. The van der Waals surface area contributed by atoms with Gasteiger partial charge in [0, 0.05) is 31.6 Å². The third-order valence-electron chi connectivity index (χ3n) is 4.41. The lowest BCUT2D eigenvalue weighted by Gasteiger charge is -2.29. The van der Waals surface area contributed by atoms with E-state index in [1.165, 1.54) is 7.11 Å². The smallest absolute Gasteiger partial charge is 0.257 e. The Morgan fingerprint density at radius 2 is 2.04 bits per heavy atom. The first-order valence-corrected chi connectivity index (χ1v) is 8.00. The monoisotopic (exact) mass is 334 g/mol. The van der Waals surface area contributed by atoms with Crippen LogP contribution in [0.3, 0.4) is 0 Å². The van der Waals surface area contributed by atoms with Gasteiger partial charge in [0.1, 0.15) is 0 Å². The molecule has 7 heteroatoms. The van der Waals surface area contributed by atoms with E-state index in [9.17, 15) is 9.59 Å². The molecular weight excluding hydrogens is 312 g/mol. The molecule has 24 heavy (non-hydrogen) atoms. The number of ether oxygens (including phenoxy) is 3. The molecule has 0 saturated carbocycles. The second kappa shape index (κ2) is 6.22. The van der Waals surface area contributed by atoms with Crippen LogP contribution in [0.5, 0.6) is 17.2 Å². The van der Waals surface area contributed by atoms with Crippen LogP contribution in [0.1, 0.15) is 35.3 Å². The Balaban J connectivity index is 2.10. The van der Waals surface area contributed by atoms with Crippen molar-refractivity contribution in [3.8, 4) is 17.2 Å². The minimum Gasteiger partial charge on any atom is -0.492 e. The van der Waals surface area contributed by atoms with Crippen molar-refractivity contribution in [1.82, 2.24) is 10.2 Å². The minimum atomic E-state index is -0.114. The van der Waals surface area contributed by atoms with Gasteiger partial charge in [0.2, 0.25) is 18.4 Å². The molecule has 7 nitrogen and oxygen atoms in total. The fraction of sp³-hybridized carbons (Fsp3) is 0.529. The van der Waals surface area contributed by atoms with Crippen LogP contribution in [-0.2, 0) is 17.8 Å². The van der Waals surface area contributed by atoms with E-state index in [1.54, 1.807) is 11.9 Å². The van der Waals surface area contributed by atoms with Gasteiger partial charge in [0.05, 0.1) is 12.7 Å².